The van der Waals surface area contributed by atoms with Crippen LogP contribution in [-0.4, -0.2) is 38.8 Å². The van der Waals surface area contributed by atoms with Crippen LogP contribution in [0, 0.1) is 17.2 Å². The normalized spacial score (nSPS) is 29.3. The molecule has 5 N–H and O–H groups in total. The van der Waals surface area contributed by atoms with Crippen LogP contribution in [0.4, 0.5) is 14.6 Å². The highest BCUT2D eigenvalue weighted by atomic mass is 19.3. The molecule has 0 radical (unpaired) electrons. The number of nitrogens with zero attached hydrogens (tertiary/aromatic N) is 3. The summed E-state index contributed by atoms with van der Waals surface area (Å²) >= 11 is 0. The van der Waals surface area contributed by atoms with Gasteiger partial charge < -0.3 is 21.5 Å². The molecule has 3 aliphatic rings. The van der Waals surface area contributed by atoms with Crippen LogP contribution < -0.4 is 16.4 Å². The van der Waals surface area contributed by atoms with E-state index in [1.54, 1.807) is 10.9 Å². The summed E-state index contributed by atoms with van der Waals surface area (Å²) in [6.07, 6.45) is 6.05. The fraction of sp³-hybridized carbons (Fsp3) is 0.773. The van der Waals surface area contributed by atoms with Gasteiger partial charge in [0.2, 0.25) is 11.8 Å². The minimum atomic E-state index is -2.54. The van der Waals surface area contributed by atoms with Crippen LogP contribution in [0.1, 0.15) is 82.4 Å². The number of aromatic nitrogens is 2. The molecule has 0 aliphatic heterocycles. The van der Waals surface area contributed by atoms with E-state index in [9.17, 15) is 23.9 Å². The third kappa shape index (κ3) is 5.11. The lowest BCUT2D eigenvalue weighted by molar-refractivity contribution is -0.117. The van der Waals surface area contributed by atoms with Crippen molar-refractivity contribution >= 4 is 11.7 Å². The van der Waals surface area contributed by atoms with E-state index in [-0.39, 0.29) is 49.0 Å². The monoisotopic (exact) mass is 450 g/mol. The average molecular weight is 451 g/mol. The third-order valence-electron chi connectivity index (χ3n) is 7.25. The first-order valence-corrected chi connectivity index (χ1v) is 11.6. The number of carbonyl (C=O) groups excluding carboxylic acids is 1. The second kappa shape index (κ2) is 9.04. The molecule has 3 saturated carbocycles. The number of nitrogens with two attached hydrogens (primary N) is 1. The quantitative estimate of drug-likeness (QED) is 0.473. The van der Waals surface area contributed by atoms with Crippen LogP contribution in [0.25, 0.3) is 0 Å². The fourth-order valence-corrected chi connectivity index (χ4v) is 5.00. The Kier molecular flexibility index (Phi) is 6.52. The first-order valence-electron chi connectivity index (χ1n) is 11.6. The Labute approximate surface area is 186 Å². The SMILES string of the molecule is N#CCC1(n2cc(C(N)O)c(NC(=O)C3CC3)n2)CCC(NC2CCC(F)(F)CC2)CC1. The number of rotatable bonds is 7. The van der Waals surface area contributed by atoms with Gasteiger partial charge in [-0.05, 0) is 51.4 Å². The number of carbonyl (C=O) groups is 1. The molecule has 0 spiro atoms. The van der Waals surface area contributed by atoms with Crippen molar-refractivity contribution in [3.8, 4) is 6.07 Å². The second-order valence-corrected chi connectivity index (χ2v) is 9.72. The predicted molar refractivity (Wildman–Crippen MR) is 114 cm³/mol. The van der Waals surface area contributed by atoms with E-state index in [1.807, 2.05) is 0 Å². The van der Waals surface area contributed by atoms with E-state index < -0.39 is 17.7 Å². The molecule has 0 saturated heterocycles. The number of aliphatic hydroxyl groups is 1. The summed E-state index contributed by atoms with van der Waals surface area (Å²) in [6.45, 7) is 0. The molecule has 0 aromatic carbocycles. The van der Waals surface area contributed by atoms with Gasteiger partial charge in [0.25, 0.3) is 0 Å². The predicted octanol–water partition coefficient (Wildman–Crippen LogP) is 2.90. The molecule has 3 aliphatic carbocycles. The topological polar surface area (TPSA) is 129 Å². The summed E-state index contributed by atoms with van der Waals surface area (Å²) in [5.74, 6) is -2.43. The number of halogens is 2. The number of hydrogen-bond donors (Lipinski definition) is 4. The molecule has 1 heterocycles. The Hall–Kier alpha value is -2.09. The summed E-state index contributed by atoms with van der Waals surface area (Å²) in [7, 11) is 0. The van der Waals surface area contributed by atoms with E-state index in [0.29, 0.717) is 31.2 Å². The zero-order valence-electron chi connectivity index (χ0n) is 18.2. The van der Waals surface area contributed by atoms with Crippen molar-refractivity contribution in [1.29, 1.82) is 5.26 Å². The number of nitriles is 1. The van der Waals surface area contributed by atoms with Crippen LogP contribution >= 0.6 is 0 Å². The first kappa shape index (κ1) is 23.1. The van der Waals surface area contributed by atoms with Gasteiger partial charge in [0.05, 0.1) is 23.6 Å². The number of aliphatic hydroxyl groups excluding tert-OH is 1. The highest BCUT2D eigenvalue weighted by Gasteiger charge is 2.41. The number of anilines is 1. The molecule has 1 unspecified atom stereocenters. The maximum absolute atomic E-state index is 13.4. The largest absolute Gasteiger partial charge is 0.374 e. The summed E-state index contributed by atoms with van der Waals surface area (Å²) in [6, 6.07) is 2.58. The van der Waals surface area contributed by atoms with Gasteiger partial charge in [0.15, 0.2) is 5.82 Å². The first-order chi connectivity index (χ1) is 15.2. The van der Waals surface area contributed by atoms with Crippen molar-refractivity contribution < 1.29 is 18.7 Å². The summed E-state index contributed by atoms with van der Waals surface area (Å²) in [5.41, 5.74) is 5.49. The van der Waals surface area contributed by atoms with Gasteiger partial charge in [-0.3, -0.25) is 9.48 Å². The standard InChI is InChI=1S/C22H32F2N6O2/c23-22(24)9-5-16(6-10-22)27-15-3-7-21(8-4-15,11-12-25)30-13-17(18(26)31)19(29-30)28-20(32)14-1-2-14/h13-16,18,27,31H,1-11,26H2,(H,28,29,32). The lowest BCUT2D eigenvalue weighted by Crippen LogP contribution is -2.47. The second-order valence-electron chi connectivity index (χ2n) is 9.72. The van der Waals surface area contributed by atoms with Gasteiger partial charge in [-0.15, -0.1) is 0 Å². The summed E-state index contributed by atoms with van der Waals surface area (Å²) < 4.78 is 28.6. The lowest BCUT2D eigenvalue weighted by atomic mass is 9.77. The number of alkyl halides is 2. The van der Waals surface area contributed by atoms with Gasteiger partial charge in [0.1, 0.15) is 6.23 Å². The van der Waals surface area contributed by atoms with E-state index in [1.165, 1.54) is 0 Å². The lowest BCUT2D eigenvalue weighted by Gasteiger charge is -2.41. The Morgan fingerprint density at radius 2 is 1.81 bits per heavy atom. The fourth-order valence-electron chi connectivity index (χ4n) is 5.00. The number of nitrogens with one attached hydrogen (secondary N) is 2. The van der Waals surface area contributed by atoms with Gasteiger partial charge in [-0.2, -0.15) is 10.4 Å². The summed E-state index contributed by atoms with van der Waals surface area (Å²) in [5, 5.41) is 30.4. The summed E-state index contributed by atoms with van der Waals surface area (Å²) in [4.78, 5) is 12.2. The van der Waals surface area contributed by atoms with E-state index in [0.717, 1.165) is 25.7 Å². The maximum Gasteiger partial charge on any atom is 0.248 e. The highest BCUT2D eigenvalue weighted by molar-refractivity contribution is 5.93. The van der Waals surface area contributed by atoms with Crippen LogP contribution in [0.3, 0.4) is 0 Å². The molecule has 3 fully saturated rings. The van der Waals surface area contributed by atoms with Gasteiger partial charge in [-0.1, -0.05) is 0 Å². The minimum absolute atomic E-state index is 0.0164. The Morgan fingerprint density at radius 1 is 1.22 bits per heavy atom. The third-order valence-corrected chi connectivity index (χ3v) is 7.25. The molecule has 8 nitrogen and oxygen atoms in total. The average Bonchev–Trinajstić information content (AvgIpc) is 3.51. The molecular weight excluding hydrogens is 418 g/mol. The zero-order chi connectivity index (χ0) is 22.9. The molecule has 1 aromatic rings. The molecule has 176 valence electrons. The smallest absolute Gasteiger partial charge is 0.248 e. The molecule has 10 heteroatoms. The van der Waals surface area contributed by atoms with Crippen molar-refractivity contribution in [2.24, 2.45) is 11.7 Å². The number of amides is 1. The Balaban J connectivity index is 1.44. The van der Waals surface area contributed by atoms with Crippen molar-refractivity contribution in [1.82, 2.24) is 15.1 Å². The van der Waals surface area contributed by atoms with E-state index in [2.05, 4.69) is 21.8 Å². The van der Waals surface area contributed by atoms with Crippen molar-refractivity contribution in [2.45, 2.75) is 100 Å². The van der Waals surface area contributed by atoms with Crippen LogP contribution in [-0.2, 0) is 10.3 Å². The zero-order valence-corrected chi connectivity index (χ0v) is 18.2. The molecule has 1 atom stereocenters. The van der Waals surface area contributed by atoms with Gasteiger partial charge in [-0.25, -0.2) is 8.78 Å². The molecule has 1 amide bonds. The van der Waals surface area contributed by atoms with Crippen LogP contribution in [0.2, 0.25) is 0 Å². The van der Waals surface area contributed by atoms with E-state index >= 15 is 0 Å². The molecular formula is C22H32F2N6O2. The highest BCUT2D eigenvalue weighted by Crippen LogP contribution is 2.40. The maximum atomic E-state index is 13.4. The molecule has 4 rings (SSSR count). The van der Waals surface area contributed by atoms with Crippen molar-refractivity contribution in [3.63, 3.8) is 0 Å². The van der Waals surface area contributed by atoms with Crippen molar-refractivity contribution in [2.75, 3.05) is 5.32 Å². The molecule has 32 heavy (non-hydrogen) atoms. The molecule has 1 aromatic heterocycles. The van der Waals surface area contributed by atoms with Crippen molar-refractivity contribution in [3.05, 3.63) is 11.8 Å². The minimum Gasteiger partial charge on any atom is -0.374 e. The Morgan fingerprint density at radius 3 is 2.34 bits per heavy atom. The molecule has 0 bridgehead atoms. The number of hydrogen-bond acceptors (Lipinski definition) is 6. The van der Waals surface area contributed by atoms with Gasteiger partial charge in [0, 0.05) is 37.0 Å². The van der Waals surface area contributed by atoms with Crippen LogP contribution in [0.5, 0.6) is 0 Å². The van der Waals surface area contributed by atoms with Gasteiger partial charge >= 0.3 is 0 Å². The Bertz CT molecular complexity index is 858. The van der Waals surface area contributed by atoms with Crippen LogP contribution in [0.15, 0.2) is 6.20 Å². The van der Waals surface area contributed by atoms with E-state index in [4.69, 9.17) is 5.73 Å².